The molecule has 4 heterocycles. The summed E-state index contributed by atoms with van der Waals surface area (Å²) in [7, 11) is 0. The molecule has 0 unspecified atom stereocenters. The first kappa shape index (κ1) is 39.7. The molecule has 0 fully saturated rings. The van der Waals surface area contributed by atoms with E-state index in [0.29, 0.717) is 5.82 Å². The molecule has 0 atom stereocenters. The molecule has 0 aliphatic heterocycles. The van der Waals surface area contributed by atoms with Crippen molar-refractivity contribution in [2.45, 2.75) is 0 Å². The summed E-state index contributed by atoms with van der Waals surface area (Å²) in [5, 5.41) is 8.30. The largest absolute Gasteiger partial charge is 0.309 e. The number of hydrogen-bond acceptors (Lipinski definition) is 3. The zero-order chi connectivity index (χ0) is 46.1. The maximum Gasteiger partial charge on any atom is 0.160 e. The highest BCUT2D eigenvalue weighted by molar-refractivity contribution is 6.21. The molecular formula is C65H41N5. The topological polar surface area (TPSA) is 48.5 Å². The van der Waals surface area contributed by atoms with Crippen molar-refractivity contribution in [2.75, 3.05) is 0 Å². The van der Waals surface area contributed by atoms with Crippen molar-refractivity contribution in [3.63, 3.8) is 0 Å². The van der Waals surface area contributed by atoms with Crippen LogP contribution in [0.25, 0.3) is 133 Å². The van der Waals surface area contributed by atoms with E-state index >= 15 is 0 Å². The van der Waals surface area contributed by atoms with Gasteiger partial charge in [-0.05, 0) is 71.6 Å². The van der Waals surface area contributed by atoms with E-state index in [9.17, 15) is 0 Å². The Kier molecular flexibility index (Phi) is 9.14. The van der Waals surface area contributed by atoms with Crippen molar-refractivity contribution in [3.8, 4) is 67.7 Å². The van der Waals surface area contributed by atoms with Crippen LogP contribution >= 0.6 is 0 Å². The van der Waals surface area contributed by atoms with Gasteiger partial charge in [-0.2, -0.15) is 0 Å². The molecule has 0 saturated carbocycles. The summed E-state index contributed by atoms with van der Waals surface area (Å²) in [6.07, 6.45) is 0. The van der Waals surface area contributed by atoms with Crippen molar-refractivity contribution < 1.29 is 0 Å². The molecule has 5 heteroatoms. The quantitative estimate of drug-likeness (QED) is 0.150. The average Bonchev–Trinajstić information content (AvgIpc) is 3.95. The van der Waals surface area contributed by atoms with E-state index in [-0.39, 0.29) is 0 Å². The monoisotopic (exact) mass is 891 g/mol. The van der Waals surface area contributed by atoms with E-state index in [1.807, 2.05) is 6.07 Å². The van der Waals surface area contributed by atoms with Crippen LogP contribution < -0.4 is 0 Å². The van der Waals surface area contributed by atoms with Gasteiger partial charge in [0, 0.05) is 71.5 Å². The highest BCUT2D eigenvalue weighted by Crippen LogP contribution is 2.42. The minimum absolute atomic E-state index is 0.669. The minimum atomic E-state index is 0.669. The van der Waals surface area contributed by atoms with Crippen molar-refractivity contribution >= 4 is 65.3 Å². The minimum Gasteiger partial charge on any atom is -0.309 e. The number of benzene rings is 10. The average molecular weight is 892 g/mol. The molecule has 0 spiro atoms. The molecule has 0 aliphatic carbocycles. The number of rotatable bonds is 7. The molecule has 0 amide bonds. The lowest BCUT2D eigenvalue weighted by molar-refractivity contribution is 1.16. The summed E-state index contributed by atoms with van der Waals surface area (Å²) in [4.78, 5) is 16.1. The standard InChI is InChI=1S/C65H41N5/c1-4-18-43(19-5-1)57-41-58(67-65(66-57)46-22-16-25-48(38-46)70-59-31-13-10-26-50(59)51-27-11-14-32-60(51)70)44-36-34-42(35-37-44)49-29-17-30-53-54-39-55-52-28-12-15-33-61(52)69(47-23-8-3-9-24-47)62(55)40-56(54)63(68-64(49)53)45-20-6-2-7-21-45/h1-41H. The van der Waals surface area contributed by atoms with Crippen LogP contribution in [-0.4, -0.2) is 24.1 Å². The summed E-state index contributed by atoms with van der Waals surface area (Å²) in [6.45, 7) is 0. The second kappa shape index (κ2) is 16.1. The zero-order valence-corrected chi connectivity index (χ0v) is 37.9. The molecule has 0 saturated heterocycles. The fourth-order valence-electron chi connectivity index (χ4n) is 10.7. The van der Waals surface area contributed by atoms with Crippen molar-refractivity contribution in [3.05, 3.63) is 249 Å². The van der Waals surface area contributed by atoms with Crippen LogP contribution in [0.2, 0.25) is 0 Å². The second-order valence-electron chi connectivity index (χ2n) is 18.0. The van der Waals surface area contributed by atoms with Gasteiger partial charge < -0.3 is 9.13 Å². The first-order valence-corrected chi connectivity index (χ1v) is 23.8. The summed E-state index contributed by atoms with van der Waals surface area (Å²) >= 11 is 0. The summed E-state index contributed by atoms with van der Waals surface area (Å²) in [5.41, 5.74) is 16.7. The molecule has 4 aromatic heterocycles. The van der Waals surface area contributed by atoms with Crippen LogP contribution in [0.5, 0.6) is 0 Å². The molecule has 326 valence electrons. The van der Waals surface area contributed by atoms with E-state index in [0.717, 1.165) is 94.7 Å². The zero-order valence-electron chi connectivity index (χ0n) is 37.9. The highest BCUT2D eigenvalue weighted by atomic mass is 15.0. The molecule has 10 aromatic carbocycles. The van der Waals surface area contributed by atoms with Crippen LogP contribution in [0.3, 0.4) is 0 Å². The molecule has 14 rings (SSSR count). The lowest BCUT2D eigenvalue weighted by Gasteiger charge is -2.15. The Morgan fingerprint density at radius 2 is 0.743 bits per heavy atom. The van der Waals surface area contributed by atoms with Crippen LogP contribution in [0, 0.1) is 0 Å². The Morgan fingerprint density at radius 3 is 1.40 bits per heavy atom. The Hall–Kier alpha value is -9.45. The molecule has 0 bridgehead atoms. The molecule has 14 aromatic rings. The molecule has 70 heavy (non-hydrogen) atoms. The number of nitrogens with zero attached hydrogens (tertiary/aromatic N) is 5. The van der Waals surface area contributed by atoms with Gasteiger partial charge in [0.2, 0.25) is 0 Å². The number of pyridine rings is 1. The lowest BCUT2D eigenvalue weighted by Crippen LogP contribution is -1.98. The Balaban J connectivity index is 0.913. The Labute approximate surface area is 403 Å². The molecule has 5 nitrogen and oxygen atoms in total. The number of aromatic nitrogens is 5. The first-order valence-electron chi connectivity index (χ1n) is 23.8. The third kappa shape index (κ3) is 6.44. The van der Waals surface area contributed by atoms with Crippen LogP contribution in [0.1, 0.15) is 0 Å². The van der Waals surface area contributed by atoms with Gasteiger partial charge in [-0.3, -0.25) is 0 Å². The normalized spacial score (nSPS) is 11.7. The van der Waals surface area contributed by atoms with Gasteiger partial charge >= 0.3 is 0 Å². The van der Waals surface area contributed by atoms with Crippen LogP contribution in [-0.2, 0) is 0 Å². The SMILES string of the molecule is c1ccc(-c2cc(-c3ccc(-c4cccc5c4nc(-c4ccccc4)c4cc6c(cc45)c4ccccc4n6-c4ccccc4)cc3)nc(-c3cccc(-n4c5ccccc5c5ccccc54)c3)n2)cc1. The number of hydrogen-bond donors (Lipinski definition) is 0. The van der Waals surface area contributed by atoms with E-state index in [2.05, 4.69) is 252 Å². The van der Waals surface area contributed by atoms with Crippen molar-refractivity contribution in [2.24, 2.45) is 0 Å². The number of fused-ring (bicyclic) bond motifs is 9. The van der Waals surface area contributed by atoms with Gasteiger partial charge in [-0.1, -0.05) is 188 Å². The predicted molar refractivity (Wildman–Crippen MR) is 291 cm³/mol. The van der Waals surface area contributed by atoms with E-state index in [1.54, 1.807) is 0 Å². The third-order valence-corrected chi connectivity index (χ3v) is 13.9. The predicted octanol–water partition coefficient (Wildman–Crippen LogP) is 16.7. The fourth-order valence-corrected chi connectivity index (χ4v) is 10.7. The van der Waals surface area contributed by atoms with Gasteiger partial charge in [0.25, 0.3) is 0 Å². The van der Waals surface area contributed by atoms with Crippen molar-refractivity contribution in [1.29, 1.82) is 0 Å². The molecule has 0 radical (unpaired) electrons. The maximum absolute atomic E-state index is 5.61. The van der Waals surface area contributed by atoms with Crippen LogP contribution in [0.4, 0.5) is 0 Å². The van der Waals surface area contributed by atoms with Gasteiger partial charge in [0.1, 0.15) is 0 Å². The smallest absolute Gasteiger partial charge is 0.160 e. The van der Waals surface area contributed by atoms with Gasteiger partial charge in [0.15, 0.2) is 5.82 Å². The van der Waals surface area contributed by atoms with Crippen LogP contribution in [0.15, 0.2) is 249 Å². The molecule has 0 aliphatic rings. The van der Waals surface area contributed by atoms with Crippen molar-refractivity contribution in [1.82, 2.24) is 24.1 Å². The fraction of sp³-hybridized carbons (Fsp3) is 0. The highest BCUT2D eigenvalue weighted by Gasteiger charge is 2.20. The third-order valence-electron chi connectivity index (χ3n) is 13.9. The maximum atomic E-state index is 5.61. The summed E-state index contributed by atoms with van der Waals surface area (Å²) in [6, 6.07) is 88.4. The summed E-state index contributed by atoms with van der Waals surface area (Å²) in [5.74, 6) is 0.669. The van der Waals surface area contributed by atoms with E-state index in [4.69, 9.17) is 15.0 Å². The summed E-state index contributed by atoms with van der Waals surface area (Å²) < 4.78 is 4.72. The Morgan fingerprint density at radius 1 is 0.257 bits per heavy atom. The lowest BCUT2D eigenvalue weighted by atomic mass is 9.94. The molecular weight excluding hydrogens is 851 g/mol. The van der Waals surface area contributed by atoms with Gasteiger partial charge in [0.05, 0.1) is 44.7 Å². The van der Waals surface area contributed by atoms with Gasteiger partial charge in [-0.15, -0.1) is 0 Å². The molecule has 0 N–H and O–H groups in total. The Bertz CT molecular complexity index is 4270. The van der Waals surface area contributed by atoms with E-state index < -0.39 is 0 Å². The number of para-hydroxylation sites is 5. The first-order chi connectivity index (χ1) is 34.7. The van der Waals surface area contributed by atoms with E-state index in [1.165, 1.54) is 32.4 Å². The van der Waals surface area contributed by atoms with Gasteiger partial charge in [-0.25, -0.2) is 15.0 Å². The second-order valence-corrected chi connectivity index (χ2v) is 18.0.